The second-order valence-electron chi connectivity index (χ2n) is 4.06. The largest absolute Gasteiger partial charge is 0.0843 e. The van der Waals surface area contributed by atoms with Gasteiger partial charge in [-0.2, -0.15) is 0 Å². The zero-order chi connectivity index (χ0) is 8.81. The first-order valence-corrected chi connectivity index (χ1v) is 6.30. The summed E-state index contributed by atoms with van der Waals surface area (Å²) in [6, 6.07) is 0. The van der Waals surface area contributed by atoms with Crippen molar-refractivity contribution < 1.29 is 0 Å². The second kappa shape index (κ2) is 5.36. The van der Waals surface area contributed by atoms with Crippen LogP contribution in [0.3, 0.4) is 0 Å². The van der Waals surface area contributed by atoms with E-state index in [0.29, 0.717) is 0 Å². The first kappa shape index (κ1) is 9.78. The fourth-order valence-electron chi connectivity index (χ4n) is 1.51. The van der Waals surface area contributed by atoms with E-state index in [1.165, 1.54) is 42.3 Å². The Kier molecular flexibility index (Phi) is 4.37. The summed E-state index contributed by atoms with van der Waals surface area (Å²) >= 11 is 0. The molecule has 0 heterocycles. The highest BCUT2D eigenvalue weighted by Crippen LogP contribution is 2.18. The Morgan fingerprint density at radius 2 is 2.42 bits per heavy atom. The molecule has 0 aromatic carbocycles. The van der Waals surface area contributed by atoms with Crippen molar-refractivity contribution >= 4 is 10.2 Å². The molecule has 0 saturated carbocycles. The highest BCUT2D eigenvalue weighted by atomic mass is 28.1. The summed E-state index contributed by atoms with van der Waals surface area (Å²) < 4.78 is 0. The Morgan fingerprint density at radius 1 is 1.58 bits per heavy atom. The van der Waals surface area contributed by atoms with Crippen LogP contribution in [0.25, 0.3) is 0 Å². The van der Waals surface area contributed by atoms with Gasteiger partial charge in [-0.15, -0.1) is 0 Å². The summed E-state index contributed by atoms with van der Waals surface area (Å²) in [4.78, 5) is 0. The molecule has 1 heteroatoms. The molecule has 0 aliphatic heterocycles. The topological polar surface area (TPSA) is 0 Å². The van der Waals surface area contributed by atoms with E-state index in [2.05, 4.69) is 25.2 Å². The van der Waals surface area contributed by atoms with Crippen molar-refractivity contribution in [1.29, 1.82) is 0 Å². The average molecular weight is 180 g/mol. The molecule has 0 aromatic heterocycles. The maximum Gasteiger partial charge on any atom is 0.00677 e. The minimum absolute atomic E-state index is 0.936. The van der Waals surface area contributed by atoms with Gasteiger partial charge in [0.05, 0.1) is 0 Å². The molecule has 0 spiro atoms. The number of hydrogen-bond donors (Lipinski definition) is 0. The van der Waals surface area contributed by atoms with Crippen molar-refractivity contribution in [3.05, 3.63) is 23.8 Å². The third-order valence-electron chi connectivity index (χ3n) is 2.27. The average Bonchev–Trinajstić information content (AvgIpc) is 2.05. The number of rotatable bonds is 3. The van der Waals surface area contributed by atoms with Crippen LogP contribution in [0.1, 0.15) is 39.0 Å². The monoisotopic (exact) mass is 180 g/mol. The van der Waals surface area contributed by atoms with Gasteiger partial charge in [-0.25, -0.2) is 0 Å². The predicted octanol–water partition coefficient (Wildman–Crippen LogP) is 2.61. The van der Waals surface area contributed by atoms with Crippen LogP contribution in [0, 0.1) is 0 Å². The highest BCUT2D eigenvalue weighted by molar-refractivity contribution is 6.11. The van der Waals surface area contributed by atoms with E-state index < -0.39 is 0 Å². The lowest BCUT2D eigenvalue weighted by Crippen LogP contribution is -1.88. The van der Waals surface area contributed by atoms with Gasteiger partial charge in [-0.1, -0.05) is 36.3 Å². The Balaban J connectivity index is 2.29. The Hall–Kier alpha value is -0.303. The van der Waals surface area contributed by atoms with E-state index in [9.17, 15) is 0 Å². The fraction of sp³-hybridized carbons (Fsp3) is 0.636. The first-order valence-electron chi connectivity index (χ1n) is 5.14. The molecule has 12 heavy (non-hydrogen) atoms. The number of hydrogen-bond acceptors (Lipinski definition) is 0. The standard InChI is InChI=1S/C11H20Si/c1-10(12)6-5-9-11-7-3-2-4-8-11/h5,7,9-10H,2-4,6,8H2,1,12H3/b9-5-/t10-/m1/s1. The molecule has 0 radical (unpaired) electrons. The van der Waals surface area contributed by atoms with Crippen LogP contribution in [0.5, 0.6) is 0 Å². The van der Waals surface area contributed by atoms with E-state index in [0.717, 1.165) is 5.54 Å². The predicted molar refractivity (Wildman–Crippen MR) is 59.7 cm³/mol. The Bertz CT molecular complexity index is 177. The van der Waals surface area contributed by atoms with Crippen LogP contribution < -0.4 is 0 Å². The zero-order valence-electron chi connectivity index (χ0n) is 8.34. The van der Waals surface area contributed by atoms with Crippen molar-refractivity contribution in [3.63, 3.8) is 0 Å². The molecule has 0 saturated heterocycles. The Morgan fingerprint density at radius 3 is 3.00 bits per heavy atom. The second-order valence-corrected chi connectivity index (χ2v) is 6.03. The maximum atomic E-state index is 2.40. The molecule has 1 rings (SSSR count). The van der Waals surface area contributed by atoms with Gasteiger partial charge < -0.3 is 0 Å². The molecule has 0 aromatic rings. The van der Waals surface area contributed by atoms with E-state index in [-0.39, 0.29) is 0 Å². The van der Waals surface area contributed by atoms with Gasteiger partial charge in [0.2, 0.25) is 0 Å². The van der Waals surface area contributed by atoms with Crippen LogP contribution in [-0.4, -0.2) is 10.2 Å². The quantitative estimate of drug-likeness (QED) is 0.586. The molecule has 0 fully saturated rings. The molecule has 0 amide bonds. The summed E-state index contributed by atoms with van der Waals surface area (Å²) in [5.74, 6) is 0. The lowest BCUT2D eigenvalue weighted by atomic mass is 9.99. The van der Waals surface area contributed by atoms with Gasteiger partial charge in [-0.3, -0.25) is 0 Å². The lowest BCUT2D eigenvalue weighted by molar-refractivity contribution is 0.711. The molecule has 68 valence electrons. The highest BCUT2D eigenvalue weighted by Gasteiger charge is 1.99. The fourth-order valence-corrected chi connectivity index (χ4v) is 1.78. The molecule has 1 atom stereocenters. The third-order valence-corrected chi connectivity index (χ3v) is 2.74. The molecule has 0 bridgehead atoms. The van der Waals surface area contributed by atoms with Gasteiger partial charge in [0, 0.05) is 10.2 Å². The smallest absolute Gasteiger partial charge is 0.00677 e. The van der Waals surface area contributed by atoms with E-state index in [1.807, 2.05) is 0 Å². The molecule has 1 aliphatic carbocycles. The summed E-state index contributed by atoms with van der Waals surface area (Å²) in [5, 5.41) is 0. The summed E-state index contributed by atoms with van der Waals surface area (Å²) in [7, 11) is 1.33. The Labute approximate surface area is 79.2 Å². The molecular formula is C11H20Si. The maximum absolute atomic E-state index is 2.40. The molecule has 0 unspecified atom stereocenters. The van der Waals surface area contributed by atoms with Crippen LogP contribution in [0.4, 0.5) is 0 Å². The normalized spacial score (nSPS) is 21.2. The van der Waals surface area contributed by atoms with Crippen molar-refractivity contribution in [3.8, 4) is 0 Å². The number of allylic oxidation sites excluding steroid dienone is 4. The van der Waals surface area contributed by atoms with E-state index in [1.54, 1.807) is 5.57 Å². The third kappa shape index (κ3) is 3.91. The van der Waals surface area contributed by atoms with Crippen molar-refractivity contribution in [1.82, 2.24) is 0 Å². The van der Waals surface area contributed by atoms with Gasteiger partial charge >= 0.3 is 0 Å². The van der Waals surface area contributed by atoms with Crippen molar-refractivity contribution in [2.45, 2.75) is 44.6 Å². The van der Waals surface area contributed by atoms with Crippen molar-refractivity contribution in [2.24, 2.45) is 0 Å². The minimum Gasteiger partial charge on any atom is -0.0843 e. The van der Waals surface area contributed by atoms with E-state index in [4.69, 9.17) is 0 Å². The summed E-state index contributed by atoms with van der Waals surface area (Å²) in [6.07, 6.45) is 13.8. The van der Waals surface area contributed by atoms with Gasteiger partial charge in [-0.05, 0) is 32.1 Å². The molecular weight excluding hydrogens is 160 g/mol. The first-order chi connectivity index (χ1) is 5.79. The minimum atomic E-state index is 0.936. The van der Waals surface area contributed by atoms with Gasteiger partial charge in [0.1, 0.15) is 0 Å². The lowest BCUT2D eigenvalue weighted by Gasteiger charge is -2.08. The van der Waals surface area contributed by atoms with Crippen LogP contribution in [0.2, 0.25) is 5.54 Å². The van der Waals surface area contributed by atoms with Crippen LogP contribution >= 0.6 is 0 Å². The SMILES string of the molecule is C[C@@H]([SiH3])C/C=C\C1=CCCCC1. The summed E-state index contributed by atoms with van der Waals surface area (Å²) in [5.41, 5.74) is 2.51. The van der Waals surface area contributed by atoms with Crippen LogP contribution in [-0.2, 0) is 0 Å². The molecule has 0 N–H and O–H groups in total. The molecule has 0 nitrogen and oxygen atoms in total. The summed E-state index contributed by atoms with van der Waals surface area (Å²) in [6.45, 7) is 2.33. The molecule has 1 aliphatic rings. The van der Waals surface area contributed by atoms with Crippen molar-refractivity contribution in [2.75, 3.05) is 0 Å². The van der Waals surface area contributed by atoms with Gasteiger partial charge in [0.25, 0.3) is 0 Å². The van der Waals surface area contributed by atoms with Gasteiger partial charge in [0.15, 0.2) is 0 Å². The van der Waals surface area contributed by atoms with E-state index >= 15 is 0 Å². The zero-order valence-corrected chi connectivity index (χ0v) is 10.3. The van der Waals surface area contributed by atoms with Crippen LogP contribution in [0.15, 0.2) is 23.8 Å².